The number of hydrogen-bond acceptors (Lipinski definition) is 0. The molecular weight excluding hydrogens is 168 g/mol. The molecule has 0 nitrogen and oxygen atoms in total. The van der Waals surface area contributed by atoms with Crippen LogP contribution in [0.15, 0.2) is 61.7 Å². The van der Waals surface area contributed by atoms with Gasteiger partial charge in [0.05, 0.1) is 0 Å². The second-order valence-corrected chi connectivity index (χ2v) is 2.82. The Balaban J connectivity index is 3.02. The molecule has 1 aromatic rings. The second kappa shape index (κ2) is 5.76. The van der Waals surface area contributed by atoms with Crippen LogP contribution in [0.2, 0.25) is 0 Å². The molecular formula is C14H14. The third kappa shape index (κ3) is 2.91. The van der Waals surface area contributed by atoms with Gasteiger partial charge in [0, 0.05) is 0 Å². The van der Waals surface area contributed by atoms with Gasteiger partial charge in [-0.1, -0.05) is 73.9 Å². The topological polar surface area (TPSA) is 0 Å². The number of allylic oxidation sites excluding steroid dienone is 4. The predicted molar refractivity (Wildman–Crippen MR) is 64.9 cm³/mol. The molecule has 0 aliphatic carbocycles. The summed E-state index contributed by atoms with van der Waals surface area (Å²) in [6.45, 7) is 7.29. The Hall–Kier alpha value is -1.82. The van der Waals surface area contributed by atoms with E-state index in [4.69, 9.17) is 0 Å². The maximum Gasteiger partial charge on any atom is -0.0184 e. The Morgan fingerprint density at radius 1 is 0.786 bits per heavy atom. The first-order valence-corrected chi connectivity index (χ1v) is 4.55. The zero-order chi connectivity index (χ0) is 10.2. The molecule has 14 heavy (non-hydrogen) atoms. The summed E-state index contributed by atoms with van der Waals surface area (Å²) in [5.74, 6) is 0. The zero-order valence-electron chi connectivity index (χ0n) is 8.19. The summed E-state index contributed by atoms with van der Waals surface area (Å²) in [7, 11) is 0. The highest BCUT2D eigenvalue weighted by Crippen LogP contribution is 2.12. The smallest absolute Gasteiger partial charge is 0.0184 e. The summed E-state index contributed by atoms with van der Waals surface area (Å²) >= 11 is 0. The summed E-state index contributed by atoms with van der Waals surface area (Å²) in [6.07, 6.45) is 11.5. The molecule has 0 bridgehead atoms. The highest BCUT2D eigenvalue weighted by molar-refractivity contribution is 5.66. The van der Waals surface area contributed by atoms with E-state index in [0.717, 1.165) is 0 Å². The zero-order valence-corrected chi connectivity index (χ0v) is 8.19. The molecule has 0 spiro atoms. The minimum absolute atomic E-state index is 1.19. The lowest BCUT2D eigenvalue weighted by Crippen LogP contribution is -1.78. The van der Waals surface area contributed by atoms with E-state index in [1.165, 1.54) is 11.1 Å². The van der Waals surface area contributed by atoms with Gasteiger partial charge in [0.1, 0.15) is 0 Å². The maximum atomic E-state index is 3.65. The molecule has 0 aromatic heterocycles. The first-order chi connectivity index (χ1) is 6.88. The van der Waals surface area contributed by atoms with Gasteiger partial charge in [-0.3, -0.25) is 0 Å². The quantitative estimate of drug-likeness (QED) is 0.615. The summed E-state index contributed by atoms with van der Waals surface area (Å²) in [5, 5.41) is 0. The fourth-order valence-corrected chi connectivity index (χ4v) is 1.16. The van der Waals surface area contributed by atoms with E-state index in [2.05, 4.69) is 25.3 Å². The van der Waals surface area contributed by atoms with Crippen molar-refractivity contribution in [3.8, 4) is 0 Å². The third-order valence-corrected chi connectivity index (χ3v) is 1.82. The van der Waals surface area contributed by atoms with E-state index in [9.17, 15) is 0 Å². The SMILES string of the molecule is C=C/C=C/c1ccccc1/C=C/C=C. The minimum Gasteiger partial charge on any atom is -0.0991 e. The summed E-state index contributed by atoms with van der Waals surface area (Å²) in [6, 6.07) is 8.19. The van der Waals surface area contributed by atoms with Gasteiger partial charge in [-0.2, -0.15) is 0 Å². The summed E-state index contributed by atoms with van der Waals surface area (Å²) in [4.78, 5) is 0. The molecule has 0 unspecified atom stereocenters. The Morgan fingerprint density at radius 2 is 1.21 bits per heavy atom. The van der Waals surface area contributed by atoms with Gasteiger partial charge in [-0.15, -0.1) is 0 Å². The average molecular weight is 182 g/mol. The molecule has 0 saturated carbocycles. The molecule has 1 rings (SSSR count). The molecule has 70 valence electrons. The Kier molecular flexibility index (Phi) is 4.22. The van der Waals surface area contributed by atoms with E-state index in [0.29, 0.717) is 0 Å². The number of hydrogen-bond donors (Lipinski definition) is 0. The number of benzene rings is 1. The molecule has 0 atom stereocenters. The molecule has 0 heteroatoms. The van der Waals surface area contributed by atoms with Crippen molar-refractivity contribution in [3.05, 3.63) is 72.9 Å². The standard InChI is InChI=1S/C14H14/c1-3-5-9-13-11-7-8-12-14(13)10-6-4-2/h3-12H,1-2H2/b9-5+,10-6+. The molecule has 0 aliphatic heterocycles. The molecule has 0 amide bonds. The Bertz CT molecular complexity index is 330. The van der Waals surface area contributed by atoms with Crippen LogP contribution in [0.1, 0.15) is 11.1 Å². The molecule has 0 saturated heterocycles. The van der Waals surface area contributed by atoms with Gasteiger partial charge >= 0.3 is 0 Å². The first kappa shape index (κ1) is 10.3. The Morgan fingerprint density at radius 3 is 1.57 bits per heavy atom. The van der Waals surface area contributed by atoms with Crippen molar-refractivity contribution < 1.29 is 0 Å². The fourth-order valence-electron chi connectivity index (χ4n) is 1.16. The largest absolute Gasteiger partial charge is 0.0991 e. The van der Waals surface area contributed by atoms with Crippen LogP contribution in [0.5, 0.6) is 0 Å². The van der Waals surface area contributed by atoms with E-state index >= 15 is 0 Å². The van der Waals surface area contributed by atoms with Crippen LogP contribution < -0.4 is 0 Å². The van der Waals surface area contributed by atoms with Crippen LogP contribution in [0.25, 0.3) is 12.2 Å². The molecule has 1 aromatic carbocycles. The molecule has 0 heterocycles. The van der Waals surface area contributed by atoms with Gasteiger partial charge in [-0.05, 0) is 11.1 Å². The monoisotopic (exact) mass is 182 g/mol. The van der Waals surface area contributed by atoms with Crippen molar-refractivity contribution in [1.82, 2.24) is 0 Å². The lowest BCUT2D eigenvalue weighted by Gasteiger charge is -1.98. The van der Waals surface area contributed by atoms with E-state index in [1.54, 1.807) is 12.2 Å². The van der Waals surface area contributed by atoms with Gasteiger partial charge in [0.15, 0.2) is 0 Å². The fraction of sp³-hybridized carbons (Fsp3) is 0. The summed E-state index contributed by atoms with van der Waals surface area (Å²) < 4.78 is 0. The lowest BCUT2D eigenvalue weighted by atomic mass is 10.1. The van der Waals surface area contributed by atoms with Crippen LogP contribution in [0, 0.1) is 0 Å². The van der Waals surface area contributed by atoms with Crippen LogP contribution in [0.3, 0.4) is 0 Å². The van der Waals surface area contributed by atoms with Crippen molar-refractivity contribution in [2.24, 2.45) is 0 Å². The third-order valence-electron chi connectivity index (χ3n) is 1.82. The minimum atomic E-state index is 1.19. The van der Waals surface area contributed by atoms with Gasteiger partial charge in [-0.25, -0.2) is 0 Å². The van der Waals surface area contributed by atoms with Crippen molar-refractivity contribution >= 4 is 12.2 Å². The van der Waals surface area contributed by atoms with Crippen LogP contribution in [-0.2, 0) is 0 Å². The van der Waals surface area contributed by atoms with Crippen LogP contribution >= 0.6 is 0 Å². The normalized spacial score (nSPS) is 10.9. The molecule has 0 radical (unpaired) electrons. The van der Waals surface area contributed by atoms with E-state index < -0.39 is 0 Å². The first-order valence-electron chi connectivity index (χ1n) is 4.55. The van der Waals surface area contributed by atoms with Crippen molar-refractivity contribution in [3.63, 3.8) is 0 Å². The predicted octanol–water partition coefficient (Wildman–Crippen LogP) is 4.09. The Labute approximate surface area is 85.6 Å². The van der Waals surface area contributed by atoms with Gasteiger partial charge < -0.3 is 0 Å². The van der Waals surface area contributed by atoms with E-state index in [-0.39, 0.29) is 0 Å². The lowest BCUT2D eigenvalue weighted by molar-refractivity contribution is 1.61. The average Bonchev–Trinajstić information content (AvgIpc) is 2.24. The molecule has 0 fully saturated rings. The second-order valence-electron chi connectivity index (χ2n) is 2.82. The highest BCUT2D eigenvalue weighted by Gasteiger charge is 1.91. The van der Waals surface area contributed by atoms with Crippen LogP contribution in [-0.4, -0.2) is 0 Å². The molecule has 0 aliphatic rings. The van der Waals surface area contributed by atoms with Crippen molar-refractivity contribution in [2.45, 2.75) is 0 Å². The summed E-state index contributed by atoms with van der Waals surface area (Å²) in [5.41, 5.74) is 2.37. The molecule has 0 N–H and O–H groups in total. The van der Waals surface area contributed by atoms with E-state index in [1.807, 2.05) is 36.4 Å². The van der Waals surface area contributed by atoms with Crippen LogP contribution in [0.4, 0.5) is 0 Å². The maximum absolute atomic E-state index is 3.65. The van der Waals surface area contributed by atoms with Crippen molar-refractivity contribution in [1.29, 1.82) is 0 Å². The van der Waals surface area contributed by atoms with Gasteiger partial charge in [0.2, 0.25) is 0 Å². The number of rotatable bonds is 4. The van der Waals surface area contributed by atoms with Crippen molar-refractivity contribution in [2.75, 3.05) is 0 Å². The van der Waals surface area contributed by atoms with Gasteiger partial charge in [0.25, 0.3) is 0 Å². The highest BCUT2D eigenvalue weighted by atomic mass is 14.0.